The summed E-state index contributed by atoms with van der Waals surface area (Å²) in [6.45, 7) is -0.0207. The van der Waals surface area contributed by atoms with Crippen LogP contribution in [0.5, 0.6) is 0 Å². The lowest BCUT2D eigenvalue weighted by molar-refractivity contribution is -0.145. The van der Waals surface area contributed by atoms with Gasteiger partial charge in [-0.3, -0.25) is 19.3 Å². The number of aliphatic carboxylic acids is 1. The summed E-state index contributed by atoms with van der Waals surface area (Å²) in [5, 5.41) is 8.81. The van der Waals surface area contributed by atoms with E-state index in [9.17, 15) is 19.2 Å². The van der Waals surface area contributed by atoms with Gasteiger partial charge in [-0.25, -0.2) is 4.79 Å². The molecule has 116 valence electrons. The fourth-order valence-electron chi connectivity index (χ4n) is 2.37. The van der Waals surface area contributed by atoms with Crippen LogP contribution in [0.15, 0.2) is 0 Å². The number of rotatable bonds is 7. The lowest BCUT2D eigenvalue weighted by Gasteiger charge is -2.21. The fourth-order valence-corrected chi connectivity index (χ4v) is 2.37. The van der Waals surface area contributed by atoms with Crippen molar-refractivity contribution in [2.24, 2.45) is 0 Å². The van der Waals surface area contributed by atoms with Gasteiger partial charge in [-0.1, -0.05) is 0 Å². The Morgan fingerprint density at radius 3 is 2.48 bits per heavy atom. The van der Waals surface area contributed by atoms with Gasteiger partial charge in [0.2, 0.25) is 11.8 Å². The van der Waals surface area contributed by atoms with Gasteiger partial charge in [0, 0.05) is 26.1 Å². The van der Waals surface area contributed by atoms with Gasteiger partial charge in [0.25, 0.3) is 0 Å². The van der Waals surface area contributed by atoms with Crippen molar-refractivity contribution in [2.45, 2.75) is 31.7 Å². The zero-order chi connectivity index (χ0) is 15.6. The van der Waals surface area contributed by atoms with Gasteiger partial charge in [-0.15, -0.1) is 0 Å². The van der Waals surface area contributed by atoms with Gasteiger partial charge in [0.1, 0.15) is 13.1 Å². The Morgan fingerprint density at radius 1 is 1.33 bits per heavy atom. The molecule has 1 saturated carbocycles. The highest BCUT2D eigenvalue weighted by atomic mass is 16.4. The molecule has 0 radical (unpaired) electrons. The molecule has 1 aliphatic carbocycles. The third-order valence-corrected chi connectivity index (χ3v) is 3.62. The van der Waals surface area contributed by atoms with Gasteiger partial charge in [0.15, 0.2) is 0 Å². The molecule has 0 bridgehead atoms. The summed E-state index contributed by atoms with van der Waals surface area (Å²) in [5.41, 5.74) is 0. The highest BCUT2D eigenvalue weighted by Gasteiger charge is 2.35. The molecule has 0 atom stereocenters. The minimum Gasteiger partial charge on any atom is -0.480 e. The second kappa shape index (κ2) is 6.11. The zero-order valence-electron chi connectivity index (χ0n) is 11.9. The van der Waals surface area contributed by atoms with E-state index < -0.39 is 5.97 Å². The van der Waals surface area contributed by atoms with E-state index >= 15 is 0 Å². The smallest absolute Gasteiger partial charge is 0.326 e. The lowest BCUT2D eigenvalue weighted by atomic mass is 10.2. The Kier molecular flexibility index (Phi) is 4.44. The predicted molar refractivity (Wildman–Crippen MR) is 71.3 cm³/mol. The normalized spacial score (nSPS) is 18.3. The molecule has 8 nitrogen and oxygen atoms in total. The predicted octanol–water partition coefficient (Wildman–Crippen LogP) is -0.264. The summed E-state index contributed by atoms with van der Waals surface area (Å²) in [5.74, 6) is -1.52. The van der Waals surface area contributed by atoms with Gasteiger partial charge in [-0.05, 0) is 19.3 Å². The molecule has 0 aromatic carbocycles. The minimum absolute atomic E-state index is 0.0368. The molecule has 0 aromatic heterocycles. The average molecular weight is 297 g/mol. The van der Waals surface area contributed by atoms with Crippen molar-refractivity contribution >= 4 is 23.8 Å². The van der Waals surface area contributed by atoms with Crippen LogP contribution >= 0.6 is 0 Å². The monoisotopic (exact) mass is 297 g/mol. The molecule has 2 aliphatic rings. The Bertz CT molecular complexity index is 474. The highest BCUT2D eigenvalue weighted by Crippen LogP contribution is 2.27. The molecule has 21 heavy (non-hydrogen) atoms. The van der Waals surface area contributed by atoms with E-state index in [1.54, 1.807) is 7.05 Å². The molecule has 2 fully saturated rings. The molecule has 8 heteroatoms. The minimum atomic E-state index is -1.03. The Morgan fingerprint density at radius 2 is 2.00 bits per heavy atom. The molecule has 1 aliphatic heterocycles. The van der Waals surface area contributed by atoms with Crippen LogP contribution in [0.1, 0.15) is 25.7 Å². The van der Waals surface area contributed by atoms with Crippen LogP contribution < -0.4 is 0 Å². The van der Waals surface area contributed by atoms with E-state index in [0.29, 0.717) is 6.42 Å². The van der Waals surface area contributed by atoms with Crippen molar-refractivity contribution < 1.29 is 24.3 Å². The van der Waals surface area contributed by atoms with Crippen LogP contribution in [0.3, 0.4) is 0 Å². The van der Waals surface area contributed by atoms with E-state index in [1.807, 2.05) is 0 Å². The SMILES string of the molecule is CN1CC(=O)N(CCCC(=O)N(CC(=O)O)C2CC2)C1=O. The number of urea groups is 1. The van der Waals surface area contributed by atoms with Crippen molar-refractivity contribution in [2.75, 3.05) is 26.7 Å². The highest BCUT2D eigenvalue weighted by molar-refractivity contribution is 6.01. The maximum absolute atomic E-state index is 12.0. The molecule has 1 saturated heterocycles. The van der Waals surface area contributed by atoms with Crippen LogP contribution in [0.4, 0.5) is 4.79 Å². The van der Waals surface area contributed by atoms with E-state index in [4.69, 9.17) is 5.11 Å². The van der Waals surface area contributed by atoms with Crippen LogP contribution in [-0.4, -0.2) is 76.3 Å². The summed E-state index contributed by atoms with van der Waals surface area (Å²) < 4.78 is 0. The van der Waals surface area contributed by atoms with Gasteiger partial charge in [-0.2, -0.15) is 0 Å². The maximum atomic E-state index is 12.0. The van der Waals surface area contributed by atoms with Gasteiger partial charge < -0.3 is 14.9 Å². The van der Waals surface area contributed by atoms with Gasteiger partial charge >= 0.3 is 12.0 Å². The first-order chi connectivity index (χ1) is 9.90. The summed E-state index contributed by atoms with van der Waals surface area (Å²) in [7, 11) is 1.55. The molecule has 2 rings (SSSR count). The number of carbonyl (C=O) groups excluding carboxylic acids is 3. The molecular weight excluding hydrogens is 278 g/mol. The topological polar surface area (TPSA) is 98.2 Å². The number of nitrogens with zero attached hydrogens (tertiary/aromatic N) is 3. The van der Waals surface area contributed by atoms with Crippen molar-refractivity contribution in [1.82, 2.24) is 14.7 Å². The van der Waals surface area contributed by atoms with Crippen molar-refractivity contribution in [1.29, 1.82) is 0 Å². The second-order valence-corrected chi connectivity index (χ2v) is 5.43. The van der Waals surface area contributed by atoms with Crippen LogP contribution in [0.2, 0.25) is 0 Å². The summed E-state index contributed by atoms with van der Waals surface area (Å²) >= 11 is 0. The van der Waals surface area contributed by atoms with Gasteiger partial charge in [0.05, 0.1) is 0 Å². The molecule has 0 aromatic rings. The zero-order valence-corrected chi connectivity index (χ0v) is 11.9. The van der Waals surface area contributed by atoms with Crippen molar-refractivity contribution in [3.63, 3.8) is 0 Å². The van der Waals surface area contributed by atoms with Crippen LogP contribution in [0, 0.1) is 0 Å². The summed E-state index contributed by atoms with van der Waals surface area (Å²) in [6, 6.07) is -0.313. The second-order valence-electron chi connectivity index (χ2n) is 5.43. The van der Waals surface area contributed by atoms with Crippen LogP contribution in [0.25, 0.3) is 0 Å². The fraction of sp³-hybridized carbons (Fsp3) is 0.692. The molecule has 1 N–H and O–H groups in total. The van der Waals surface area contributed by atoms with Crippen molar-refractivity contribution in [3.8, 4) is 0 Å². The first-order valence-electron chi connectivity index (χ1n) is 6.97. The number of amides is 4. The third-order valence-electron chi connectivity index (χ3n) is 3.62. The number of hydrogen-bond donors (Lipinski definition) is 1. The number of carbonyl (C=O) groups is 4. The maximum Gasteiger partial charge on any atom is 0.326 e. The number of hydrogen-bond acceptors (Lipinski definition) is 4. The number of likely N-dealkylation sites (N-methyl/N-ethyl adjacent to an activating group) is 1. The quantitative estimate of drug-likeness (QED) is 0.653. The first kappa shape index (κ1) is 15.3. The van der Waals surface area contributed by atoms with E-state index in [2.05, 4.69) is 0 Å². The summed E-state index contributed by atoms with van der Waals surface area (Å²) in [6.07, 6.45) is 2.18. The Hall–Kier alpha value is -2.12. The largest absolute Gasteiger partial charge is 0.480 e. The van der Waals surface area contributed by atoms with Crippen LogP contribution in [-0.2, 0) is 14.4 Å². The number of carboxylic acid groups (broad SMARTS) is 1. The molecule has 0 spiro atoms. The van der Waals surface area contributed by atoms with E-state index in [0.717, 1.165) is 17.7 Å². The van der Waals surface area contributed by atoms with E-state index in [-0.39, 0.29) is 49.9 Å². The molecule has 0 unspecified atom stereocenters. The van der Waals surface area contributed by atoms with E-state index in [1.165, 1.54) is 9.80 Å². The number of imide groups is 1. The molecule has 1 heterocycles. The standard InChI is InChI=1S/C13H19N3O5/c1-14-7-11(18)15(13(14)21)6-2-3-10(17)16(8-12(19)20)9-4-5-9/h9H,2-8H2,1H3,(H,19,20). The average Bonchev–Trinajstić information content (AvgIpc) is 3.20. The molecular formula is C13H19N3O5. The number of carboxylic acids is 1. The Labute approximate surface area is 122 Å². The summed E-state index contributed by atoms with van der Waals surface area (Å²) in [4.78, 5) is 49.8. The first-order valence-corrected chi connectivity index (χ1v) is 6.97. The molecule has 4 amide bonds. The third kappa shape index (κ3) is 3.71. The van der Waals surface area contributed by atoms with Crippen molar-refractivity contribution in [3.05, 3.63) is 0 Å². The lowest BCUT2D eigenvalue weighted by Crippen LogP contribution is -2.38. The Balaban J connectivity index is 1.79.